The van der Waals surface area contributed by atoms with Gasteiger partial charge in [-0.3, -0.25) is 0 Å². The number of benzene rings is 1. The number of hydrogen-bond acceptors (Lipinski definition) is 0. The highest BCUT2D eigenvalue weighted by molar-refractivity contribution is 14.1. The first kappa shape index (κ1) is 21.7. The van der Waals surface area contributed by atoms with Crippen LogP contribution >= 0.6 is 22.6 Å². The van der Waals surface area contributed by atoms with Crippen molar-refractivity contribution in [3.8, 4) is 0 Å². The van der Waals surface area contributed by atoms with Gasteiger partial charge < -0.3 is 0 Å². The summed E-state index contributed by atoms with van der Waals surface area (Å²) < 4.78 is 0.710. The molecule has 0 bridgehead atoms. The summed E-state index contributed by atoms with van der Waals surface area (Å²) in [5, 5.41) is 0. The van der Waals surface area contributed by atoms with Gasteiger partial charge in [0.2, 0.25) is 0 Å². The molecule has 0 aliphatic heterocycles. The molecule has 3 rings (SSSR count). The Kier molecular flexibility index (Phi) is 7.73. The van der Waals surface area contributed by atoms with E-state index in [1.165, 1.54) is 107 Å². The number of alkyl halides is 1. The Balaban J connectivity index is 1.35. The van der Waals surface area contributed by atoms with Crippen molar-refractivity contribution in [1.29, 1.82) is 0 Å². The van der Waals surface area contributed by atoms with Gasteiger partial charge in [-0.1, -0.05) is 73.8 Å². The largest absolute Gasteiger partial charge is 0.0789 e. The van der Waals surface area contributed by atoms with Gasteiger partial charge in [-0.2, -0.15) is 0 Å². The molecule has 0 N–H and O–H groups in total. The summed E-state index contributed by atoms with van der Waals surface area (Å²) in [4.78, 5) is 0. The summed E-state index contributed by atoms with van der Waals surface area (Å²) in [7, 11) is 0. The molecular formula is C26H41I. The van der Waals surface area contributed by atoms with Crippen molar-refractivity contribution in [2.75, 3.05) is 0 Å². The van der Waals surface area contributed by atoms with Gasteiger partial charge in [0, 0.05) is 3.42 Å². The molecule has 0 atom stereocenters. The van der Waals surface area contributed by atoms with Gasteiger partial charge in [-0.25, -0.2) is 0 Å². The first-order valence-electron chi connectivity index (χ1n) is 11.7. The SMILES string of the molecule is CCC1(CCCCCc2cc(C)c(CCCCCC3(I)CC3)cc2C)CC1. The van der Waals surface area contributed by atoms with Gasteiger partial charge in [0.05, 0.1) is 0 Å². The molecule has 0 saturated heterocycles. The maximum atomic E-state index is 2.69. The maximum Gasteiger partial charge on any atom is 0.0223 e. The second-order valence-corrected chi connectivity index (χ2v) is 12.1. The minimum atomic E-state index is 0.710. The van der Waals surface area contributed by atoms with Gasteiger partial charge >= 0.3 is 0 Å². The highest BCUT2D eigenvalue weighted by atomic mass is 127. The number of aryl methyl sites for hydroxylation is 4. The third-order valence-corrected chi connectivity index (χ3v) is 9.14. The molecule has 2 aliphatic carbocycles. The topological polar surface area (TPSA) is 0 Å². The van der Waals surface area contributed by atoms with E-state index in [4.69, 9.17) is 0 Å². The lowest BCUT2D eigenvalue weighted by Crippen LogP contribution is -1.99. The van der Waals surface area contributed by atoms with E-state index in [0.717, 1.165) is 5.41 Å². The second kappa shape index (κ2) is 9.63. The lowest BCUT2D eigenvalue weighted by molar-refractivity contribution is 0.422. The van der Waals surface area contributed by atoms with Crippen molar-refractivity contribution >= 4 is 22.6 Å². The number of hydrogen-bond donors (Lipinski definition) is 0. The molecule has 0 amide bonds. The van der Waals surface area contributed by atoms with Crippen LogP contribution in [0.1, 0.15) is 113 Å². The number of rotatable bonds is 13. The molecular weight excluding hydrogens is 439 g/mol. The van der Waals surface area contributed by atoms with Crippen molar-refractivity contribution in [1.82, 2.24) is 0 Å². The monoisotopic (exact) mass is 480 g/mol. The lowest BCUT2D eigenvalue weighted by Gasteiger charge is -2.14. The van der Waals surface area contributed by atoms with Crippen molar-refractivity contribution in [2.45, 2.75) is 121 Å². The number of halogens is 1. The standard InChI is InChI=1S/C26H41I/c1-4-25(15-16-25)13-9-5-7-11-23-19-22(3)24(20-21(23)2)12-8-6-10-14-26(27)17-18-26/h19-20H,4-18H2,1-3H3. The van der Waals surface area contributed by atoms with Crippen molar-refractivity contribution < 1.29 is 0 Å². The van der Waals surface area contributed by atoms with E-state index in [-0.39, 0.29) is 0 Å². The first-order valence-corrected chi connectivity index (χ1v) is 12.8. The molecule has 2 aliphatic rings. The Hall–Kier alpha value is -0.0500. The van der Waals surface area contributed by atoms with Crippen LogP contribution in [0.5, 0.6) is 0 Å². The summed E-state index contributed by atoms with van der Waals surface area (Å²) in [6.45, 7) is 7.05. The third kappa shape index (κ3) is 6.75. The van der Waals surface area contributed by atoms with E-state index in [1.807, 2.05) is 0 Å². The molecule has 0 heterocycles. The Morgan fingerprint density at radius 3 is 1.70 bits per heavy atom. The molecule has 152 valence electrons. The predicted octanol–water partition coefficient (Wildman–Crippen LogP) is 8.67. The van der Waals surface area contributed by atoms with Gasteiger partial charge in [-0.05, 0) is 106 Å². The van der Waals surface area contributed by atoms with Crippen LogP contribution in [-0.2, 0) is 12.8 Å². The molecule has 27 heavy (non-hydrogen) atoms. The molecule has 2 saturated carbocycles. The fourth-order valence-corrected chi connectivity index (χ4v) is 5.39. The summed E-state index contributed by atoms with van der Waals surface area (Å²) >= 11 is 2.69. The molecule has 1 aromatic rings. The van der Waals surface area contributed by atoms with Crippen LogP contribution in [0.4, 0.5) is 0 Å². The Morgan fingerprint density at radius 2 is 1.26 bits per heavy atom. The molecule has 0 aromatic heterocycles. The third-order valence-electron chi connectivity index (χ3n) is 7.52. The van der Waals surface area contributed by atoms with Gasteiger partial charge in [0.1, 0.15) is 0 Å². The smallest absolute Gasteiger partial charge is 0.0223 e. The molecule has 0 radical (unpaired) electrons. The zero-order chi connectivity index (χ0) is 19.3. The van der Waals surface area contributed by atoms with Crippen LogP contribution in [0.25, 0.3) is 0 Å². The zero-order valence-electron chi connectivity index (χ0n) is 18.1. The Morgan fingerprint density at radius 1 is 0.741 bits per heavy atom. The predicted molar refractivity (Wildman–Crippen MR) is 128 cm³/mol. The maximum absolute atomic E-state index is 2.69. The Labute approximate surface area is 182 Å². The van der Waals surface area contributed by atoms with Crippen molar-refractivity contribution in [3.63, 3.8) is 0 Å². The van der Waals surface area contributed by atoms with Gasteiger partial charge in [0.25, 0.3) is 0 Å². The van der Waals surface area contributed by atoms with Gasteiger partial charge in [0.15, 0.2) is 0 Å². The molecule has 0 unspecified atom stereocenters. The van der Waals surface area contributed by atoms with Crippen LogP contribution in [0, 0.1) is 19.3 Å². The minimum Gasteiger partial charge on any atom is -0.0789 e. The van der Waals surface area contributed by atoms with E-state index in [9.17, 15) is 0 Å². The molecule has 2 fully saturated rings. The molecule has 0 spiro atoms. The van der Waals surface area contributed by atoms with Crippen LogP contribution < -0.4 is 0 Å². The zero-order valence-corrected chi connectivity index (χ0v) is 20.3. The molecule has 1 aromatic carbocycles. The quantitative estimate of drug-likeness (QED) is 0.151. The van der Waals surface area contributed by atoms with E-state index in [0.29, 0.717) is 3.42 Å². The van der Waals surface area contributed by atoms with Gasteiger partial charge in [-0.15, -0.1) is 0 Å². The van der Waals surface area contributed by atoms with E-state index in [1.54, 1.807) is 11.1 Å². The lowest BCUT2D eigenvalue weighted by atomic mass is 9.92. The summed E-state index contributed by atoms with van der Waals surface area (Å²) in [5.41, 5.74) is 7.06. The molecule has 0 nitrogen and oxygen atoms in total. The summed E-state index contributed by atoms with van der Waals surface area (Å²) in [6.07, 6.45) is 21.3. The normalized spacial score (nSPS) is 19.3. The van der Waals surface area contributed by atoms with Crippen LogP contribution in [-0.4, -0.2) is 3.42 Å². The first-order chi connectivity index (χ1) is 13.0. The van der Waals surface area contributed by atoms with Crippen molar-refractivity contribution in [2.24, 2.45) is 5.41 Å². The average molecular weight is 481 g/mol. The highest BCUT2D eigenvalue weighted by Gasteiger charge is 2.39. The summed E-state index contributed by atoms with van der Waals surface area (Å²) in [5.74, 6) is 0. The average Bonchev–Trinajstić information content (AvgIpc) is 3.56. The second-order valence-electron chi connectivity index (χ2n) is 9.83. The number of unbranched alkanes of at least 4 members (excludes halogenated alkanes) is 4. The fourth-order valence-electron chi connectivity index (χ4n) is 4.74. The van der Waals surface area contributed by atoms with E-state index in [2.05, 4.69) is 55.5 Å². The highest BCUT2D eigenvalue weighted by Crippen LogP contribution is 2.52. The van der Waals surface area contributed by atoms with Crippen molar-refractivity contribution in [3.05, 3.63) is 34.4 Å². The van der Waals surface area contributed by atoms with Crippen LogP contribution in [0.15, 0.2) is 12.1 Å². The van der Waals surface area contributed by atoms with Crippen LogP contribution in [0.2, 0.25) is 0 Å². The minimum absolute atomic E-state index is 0.710. The molecule has 1 heteroatoms. The van der Waals surface area contributed by atoms with Crippen LogP contribution in [0.3, 0.4) is 0 Å². The fraction of sp³-hybridized carbons (Fsp3) is 0.769. The van der Waals surface area contributed by atoms with E-state index >= 15 is 0 Å². The Bertz CT molecular complexity index is 607. The van der Waals surface area contributed by atoms with E-state index < -0.39 is 0 Å². The summed E-state index contributed by atoms with van der Waals surface area (Å²) in [6, 6.07) is 5.00.